The van der Waals surface area contributed by atoms with Gasteiger partial charge >= 0.3 is 17.9 Å². The maximum Gasteiger partial charge on any atom is 0.329 e. The maximum atomic E-state index is 12.3. The highest BCUT2D eigenvalue weighted by Gasteiger charge is 2.27. The second-order valence-corrected chi connectivity index (χ2v) is 17.6. The van der Waals surface area contributed by atoms with Gasteiger partial charge in [-0.3, -0.25) is 19.2 Å². The van der Waals surface area contributed by atoms with Gasteiger partial charge in [-0.15, -0.1) is 0 Å². The molecule has 1 rings (SSSR count). The first-order valence-corrected chi connectivity index (χ1v) is 23.5. The number of unbranched alkanes of at least 4 members (excludes halogenated alkanes) is 11. The van der Waals surface area contributed by atoms with E-state index in [1.165, 1.54) is 58.5 Å². The molecule has 0 radical (unpaired) electrons. The van der Waals surface area contributed by atoms with Gasteiger partial charge in [0.25, 0.3) is 0 Å². The van der Waals surface area contributed by atoms with E-state index in [0.717, 1.165) is 44.3 Å². The van der Waals surface area contributed by atoms with E-state index >= 15 is 0 Å². The SMILES string of the molecule is CCCOCCOCCOCCNC(=O)CCCCCCCCCCCCCCC(=O)OC(C)(C)C.COCCC(=O)NC(CCC(=O)OCc1ccccc1)C(=O)OC(C)(C)C. The van der Waals surface area contributed by atoms with Crippen LogP contribution in [0.5, 0.6) is 0 Å². The first-order valence-electron chi connectivity index (χ1n) is 23.5. The van der Waals surface area contributed by atoms with E-state index < -0.39 is 23.6 Å². The Morgan fingerprint density at radius 2 is 1.06 bits per heavy atom. The van der Waals surface area contributed by atoms with Crippen molar-refractivity contribution in [2.75, 3.05) is 59.9 Å². The lowest BCUT2D eigenvalue weighted by molar-refractivity contribution is -0.159. The summed E-state index contributed by atoms with van der Waals surface area (Å²) in [6.07, 6.45) is 16.6. The van der Waals surface area contributed by atoms with Crippen LogP contribution < -0.4 is 10.6 Å². The van der Waals surface area contributed by atoms with E-state index in [0.29, 0.717) is 52.4 Å². The molecule has 2 amide bonds. The molecule has 14 heteroatoms. The number of amides is 2. The molecule has 1 aromatic rings. The number of esters is 3. The second-order valence-electron chi connectivity index (χ2n) is 17.6. The Morgan fingerprint density at radius 3 is 1.59 bits per heavy atom. The highest BCUT2D eigenvalue weighted by atomic mass is 16.6. The number of ether oxygens (including phenoxy) is 7. The van der Waals surface area contributed by atoms with Crippen molar-refractivity contribution in [1.29, 1.82) is 0 Å². The van der Waals surface area contributed by atoms with E-state index in [1.54, 1.807) is 20.8 Å². The molecule has 0 saturated heterocycles. The maximum absolute atomic E-state index is 12.3. The number of nitrogens with one attached hydrogen (secondary N) is 2. The zero-order chi connectivity index (χ0) is 47.0. The quantitative estimate of drug-likeness (QED) is 0.0373. The van der Waals surface area contributed by atoms with Crippen molar-refractivity contribution < 1.29 is 57.1 Å². The van der Waals surface area contributed by atoms with Crippen molar-refractivity contribution in [2.45, 2.75) is 188 Å². The summed E-state index contributed by atoms with van der Waals surface area (Å²) in [4.78, 5) is 59.8. The van der Waals surface area contributed by atoms with E-state index in [9.17, 15) is 24.0 Å². The van der Waals surface area contributed by atoms with Crippen LogP contribution >= 0.6 is 0 Å². The molecule has 0 heterocycles. The Bertz CT molecular complexity index is 1310. The molecule has 0 aliphatic heterocycles. The predicted octanol–water partition coefficient (Wildman–Crippen LogP) is 8.74. The molecule has 14 nitrogen and oxygen atoms in total. The van der Waals surface area contributed by atoms with Crippen LogP contribution in [0.2, 0.25) is 0 Å². The van der Waals surface area contributed by atoms with Gasteiger partial charge in [0.1, 0.15) is 23.9 Å². The van der Waals surface area contributed by atoms with Crippen LogP contribution in [0.3, 0.4) is 0 Å². The predicted molar refractivity (Wildman–Crippen MR) is 246 cm³/mol. The molecule has 0 bridgehead atoms. The Labute approximate surface area is 380 Å². The number of hydrogen-bond acceptors (Lipinski definition) is 12. The van der Waals surface area contributed by atoms with Crippen LogP contribution in [0.15, 0.2) is 30.3 Å². The Kier molecular flexibility index (Phi) is 36.6. The molecule has 364 valence electrons. The molecule has 2 N–H and O–H groups in total. The third-order valence-corrected chi connectivity index (χ3v) is 9.06. The fourth-order valence-corrected chi connectivity index (χ4v) is 5.91. The summed E-state index contributed by atoms with van der Waals surface area (Å²) in [5.74, 6) is -1.32. The lowest BCUT2D eigenvalue weighted by atomic mass is 10.0. The molecular weight excluding hydrogens is 809 g/mol. The fraction of sp³-hybridized carbons (Fsp3) is 0.776. The minimum Gasteiger partial charge on any atom is -0.461 e. The van der Waals surface area contributed by atoms with Crippen LogP contribution in [0, 0.1) is 0 Å². The van der Waals surface area contributed by atoms with Crippen LogP contribution in [-0.2, 0) is 63.7 Å². The number of carbonyl (C=O) groups is 5. The van der Waals surface area contributed by atoms with Gasteiger partial charge in [0.05, 0.1) is 39.6 Å². The lowest BCUT2D eigenvalue weighted by Gasteiger charge is -2.24. The topological polar surface area (TPSA) is 174 Å². The standard InChI is InChI=1S/C29H57NO6.C20H29NO6/c1-5-21-33-23-25-35-26-24-34-22-20-30-27(31)18-16-14-12-10-8-6-7-9-11-13-15-17-19-28(32)36-29(2,3)4;1-20(2,3)27-19(24)16(21-17(22)12-13-25-4)10-11-18(23)26-14-15-8-6-5-7-9-15/h5-26H2,1-4H3,(H,30,31);5-9,16H,10-14H2,1-4H3,(H,21,22). The summed E-state index contributed by atoms with van der Waals surface area (Å²) in [6, 6.07) is 8.38. The summed E-state index contributed by atoms with van der Waals surface area (Å²) in [5.41, 5.74) is -0.190. The minimum atomic E-state index is -0.919. The van der Waals surface area contributed by atoms with Gasteiger partial charge in [0.15, 0.2) is 0 Å². The van der Waals surface area contributed by atoms with E-state index in [2.05, 4.69) is 17.6 Å². The highest BCUT2D eigenvalue weighted by molar-refractivity contribution is 5.85. The van der Waals surface area contributed by atoms with Crippen molar-refractivity contribution in [3.8, 4) is 0 Å². The average molecular weight is 895 g/mol. The van der Waals surface area contributed by atoms with Gasteiger partial charge in [-0.05, 0) is 72.8 Å². The van der Waals surface area contributed by atoms with Crippen LogP contribution in [0.25, 0.3) is 0 Å². The highest BCUT2D eigenvalue weighted by Crippen LogP contribution is 2.15. The Hall–Kier alpha value is -3.59. The van der Waals surface area contributed by atoms with Gasteiger partial charge in [-0.2, -0.15) is 0 Å². The molecule has 0 aromatic heterocycles. The summed E-state index contributed by atoms with van der Waals surface area (Å²) >= 11 is 0. The van der Waals surface area contributed by atoms with Crippen molar-refractivity contribution in [2.24, 2.45) is 0 Å². The monoisotopic (exact) mass is 895 g/mol. The summed E-state index contributed by atoms with van der Waals surface area (Å²) in [7, 11) is 1.49. The van der Waals surface area contributed by atoms with Crippen LogP contribution in [-0.4, -0.2) is 107 Å². The molecule has 1 unspecified atom stereocenters. The first kappa shape index (κ1) is 59.4. The average Bonchev–Trinajstić information content (AvgIpc) is 3.22. The molecule has 0 saturated carbocycles. The summed E-state index contributed by atoms with van der Waals surface area (Å²) in [5, 5.41) is 5.52. The lowest BCUT2D eigenvalue weighted by Crippen LogP contribution is -2.44. The van der Waals surface area contributed by atoms with Crippen molar-refractivity contribution >= 4 is 29.7 Å². The van der Waals surface area contributed by atoms with Gasteiger partial charge in [-0.1, -0.05) is 101 Å². The minimum absolute atomic E-state index is 0.0126. The normalized spacial score (nSPS) is 11.8. The van der Waals surface area contributed by atoms with Gasteiger partial charge in [0, 0.05) is 45.9 Å². The molecule has 1 aromatic carbocycles. The Balaban J connectivity index is 0.00000127. The zero-order valence-electron chi connectivity index (χ0n) is 40.5. The Morgan fingerprint density at radius 1 is 0.556 bits per heavy atom. The number of methoxy groups -OCH3 is 1. The molecule has 0 spiro atoms. The molecular formula is C49H86N2O12. The summed E-state index contributed by atoms with van der Waals surface area (Å²) in [6.45, 7) is 17.6. The molecule has 1 atom stereocenters. The van der Waals surface area contributed by atoms with E-state index in [-0.39, 0.29) is 55.9 Å². The summed E-state index contributed by atoms with van der Waals surface area (Å²) < 4.78 is 36.9. The largest absolute Gasteiger partial charge is 0.461 e. The fourth-order valence-electron chi connectivity index (χ4n) is 5.91. The van der Waals surface area contributed by atoms with E-state index in [4.69, 9.17) is 33.2 Å². The first-order chi connectivity index (χ1) is 30.1. The van der Waals surface area contributed by atoms with Crippen molar-refractivity contribution in [3.05, 3.63) is 35.9 Å². The van der Waals surface area contributed by atoms with Crippen molar-refractivity contribution in [1.82, 2.24) is 10.6 Å². The van der Waals surface area contributed by atoms with Crippen LogP contribution in [0.4, 0.5) is 0 Å². The van der Waals surface area contributed by atoms with E-state index in [1.807, 2.05) is 51.1 Å². The third kappa shape index (κ3) is 42.1. The van der Waals surface area contributed by atoms with Crippen LogP contribution in [0.1, 0.15) is 170 Å². The number of benzene rings is 1. The van der Waals surface area contributed by atoms with Gasteiger partial charge < -0.3 is 43.8 Å². The molecule has 0 aliphatic rings. The molecule has 63 heavy (non-hydrogen) atoms. The third-order valence-electron chi connectivity index (χ3n) is 9.06. The van der Waals surface area contributed by atoms with Crippen molar-refractivity contribution in [3.63, 3.8) is 0 Å². The van der Waals surface area contributed by atoms with Gasteiger partial charge in [-0.25, -0.2) is 4.79 Å². The second kappa shape index (κ2) is 38.8. The zero-order valence-corrected chi connectivity index (χ0v) is 40.5. The smallest absolute Gasteiger partial charge is 0.329 e. The number of hydrogen-bond donors (Lipinski definition) is 2. The van der Waals surface area contributed by atoms with Gasteiger partial charge in [0.2, 0.25) is 11.8 Å². The molecule has 0 fully saturated rings. The number of rotatable bonds is 36. The number of carbonyl (C=O) groups excluding carboxylic acids is 5. The molecule has 0 aliphatic carbocycles.